The average molecular weight is 387 g/mol. The molecule has 0 aliphatic carbocycles. The predicted molar refractivity (Wildman–Crippen MR) is 65.8 cm³/mol. The van der Waals surface area contributed by atoms with Crippen LogP contribution in [0.25, 0.3) is 0 Å². The van der Waals surface area contributed by atoms with E-state index in [0.717, 1.165) is 5.56 Å². The lowest BCUT2D eigenvalue weighted by Crippen LogP contribution is -2.19. The summed E-state index contributed by atoms with van der Waals surface area (Å²) in [7, 11) is 0. The molecule has 2 nitrogen and oxygen atoms in total. The molecule has 0 saturated carbocycles. The van der Waals surface area contributed by atoms with E-state index < -0.39 is 8.11 Å². The summed E-state index contributed by atoms with van der Waals surface area (Å²) in [6, 6.07) is 9.49. The SMILES string of the molecule is O=C(OCc1ccccc1)C(Br)(Br)Br. The van der Waals surface area contributed by atoms with Gasteiger partial charge < -0.3 is 4.74 Å². The third-order valence-electron chi connectivity index (χ3n) is 1.44. The Bertz CT molecular complexity index is 306. The highest BCUT2D eigenvalue weighted by Crippen LogP contribution is 2.34. The number of carbonyl (C=O) groups excluding carboxylic acids is 1. The highest BCUT2D eigenvalue weighted by molar-refractivity contribution is 9.40. The summed E-state index contributed by atoms with van der Waals surface area (Å²) in [5, 5.41) is 0. The van der Waals surface area contributed by atoms with Crippen LogP contribution in [-0.4, -0.2) is 8.11 Å². The van der Waals surface area contributed by atoms with E-state index in [-0.39, 0.29) is 6.61 Å². The second kappa shape index (κ2) is 5.28. The molecule has 0 N–H and O–H groups in total. The first-order valence-electron chi connectivity index (χ1n) is 3.78. The molecule has 0 amide bonds. The Morgan fingerprint density at radius 3 is 2.29 bits per heavy atom. The Balaban J connectivity index is 2.46. The van der Waals surface area contributed by atoms with Crippen molar-refractivity contribution in [2.24, 2.45) is 0 Å². The molecular weight excluding hydrogens is 380 g/mol. The molecule has 0 spiro atoms. The largest absolute Gasteiger partial charge is 0.458 e. The summed E-state index contributed by atoms with van der Waals surface area (Å²) in [5.41, 5.74) is 0.956. The lowest BCUT2D eigenvalue weighted by Gasteiger charge is -2.11. The fourth-order valence-electron chi connectivity index (χ4n) is 0.805. The van der Waals surface area contributed by atoms with Crippen molar-refractivity contribution >= 4 is 53.8 Å². The van der Waals surface area contributed by atoms with E-state index in [2.05, 4.69) is 47.8 Å². The van der Waals surface area contributed by atoms with Gasteiger partial charge in [0.2, 0.25) is 2.14 Å². The fourth-order valence-corrected chi connectivity index (χ4v) is 1.15. The number of esters is 1. The number of rotatable bonds is 2. The zero-order valence-corrected chi connectivity index (χ0v) is 11.8. The Morgan fingerprint density at radius 1 is 1.21 bits per heavy atom. The molecule has 0 heterocycles. The number of alkyl halides is 3. The molecule has 0 aliphatic heterocycles. The second-order valence-electron chi connectivity index (χ2n) is 2.56. The van der Waals surface area contributed by atoms with Gasteiger partial charge in [-0.05, 0) is 53.4 Å². The van der Waals surface area contributed by atoms with Crippen LogP contribution in [-0.2, 0) is 16.1 Å². The van der Waals surface area contributed by atoms with Crippen LogP contribution < -0.4 is 0 Å². The Morgan fingerprint density at radius 2 is 1.79 bits per heavy atom. The molecule has 0 aliphatic rings. The van der Waals surface area contributed by atoms with E-state index in [1.54, 1.807) is 0 Å². The fraction of sp³-hybridized carbons (Fsp3) is 0.222. The molecule has 1 aromatic rings. The lowest BCUT2D eigenvalue weighted by molar-refractivity contribution is -0.142. The maximum atomic E-state index is 11.3. The molecule has 0 fully saturated rings. The molecule has 0 aromatic heterocycles. The van der Waals surface area contributed by atoms with Gasteiger partial charge in [-0.3, -0.25) is 0 Å². The summed E-state index contributed by atoms with van der Waals surface area (Å²) in [4.78, 5) is 11.3. The van der Waals surface area contributed by atoms with Gasteiger partial charge in [-0.1, -0.05) is 30.3 Å². The first kappa shape index (κ1) is 12.2. The summed E-state index contributed by atoms with van der Waals surface area (Å²) in [6.45, 7) is 0.268. The smallest absolute Gasteiger partial charge is 0.345 e. The van der Waals surface area contributed by atoms with Gasteiger partial charge >= 0.3 is 5.97 Å². The Hall–Kier alpha value is 0.130. The van der Waals surface area contributed by atoms with Gasteiger partial charge in [0.1, 0.15) is 6.61 Å². The maximum Gasteiger partial charge on any atom is 0.345 e. The predicted octanol–water partition coefficient (Wildman–Crippen LogP) is 3.57. The van der Waals surface area contributed by atoms with E-state index >= 15 is 0 Å². The van der Waals surface area contributed by atoms with Gasteiger partial charge in [0, 0.05) is 0 Å². The van der Waals surface area contributed by atoms with Crippen LogP contribution in [0.3, 0.4) is 0 Å². The van der Waals surface area contributed by atoms with Crippen LogP contribution in [0.1, 0.15) is 5.56 Å². The van der Waals surface area contributed by atoms with Crippen molar-refractivity contribution < 1.29 is 9.53 Å². The Labute approximate surface area is 107 Å². The highest BCUT2D eigenvalue weighted by atomic mass is 80.0. The van der Waals surface area contributed by atoms with Crippen molar-refractivity contribution in [1.82, 2.24) is 0 Å². The lowest BCUT2D eigenvalue weighted by atomic mass is 10.2. The van der Waals surface area contributed by atoms with Crippen molar-refractivity contribution in [2.75, 3.05) is 0 Å². The van der Waals surface area contributed by atoms with Gasteiger partial charge in [0.15, 0.2) is 0 Å². The van der Waals surface area contributed by atoms with Crippen LogP contribution in [0, 0.1) is 0 Å². The van der Waals surface area contributed by atoms with Crippen molar-refractivity contribution in [1.29, 1.82) is 0 Å². The van der Waals surface area contributed by atoms with Crippen LogP contribution in [0.15, 0.2) is 30.3 Å². The molecule has 0 bridgehead atoms. The van der Waals surface area contributed by atoms with Crippen LogP contribution >= 0.6 is 47.8 Å². The minimum atomic E-state index is -0.984. The summed E-state index contributed by atoms with van der Waals surface area (Å²) >= 11 is 9.23. The third-order valence-corrected chi connectivity index (χ3v) is 2.42. The molecule has 1 aromatic carbocycles. The number of ether oxygens (including phenoxy) is 1. The molecule has 5 heteroatoms. The monoisotopic (exact) mass is 384 g/mol. The first-order chi connectivity index (χ1) is 6.50. The van der Waals surface area contributed by atoms with Gasteiger partial charge in [-0.2, -0.15) is 0 Å². The molecule has 14 heavy (non-hydrogen) atoms. The molecule has 0 radical (unpaired) electrons. The second-order valence-corrected chi connectivity index (χ2v) is 9.32. The Kier molecular flexibility index (Phi) is 4.60. The normalized spacial score (nSPS) is 11.1. The van der Waals surface area contributed by atoms with Crippen LogP contribution in [0.5, 0.6) is 0 Å². The number of halogens is 3. The average Bonchev–Trinajstić information content (AvgIpc) is 2.14. The van der Waals surface area contributed by atoms with E-state index in [1.807, 2.05) is 30.3 Å². The number of hydrogen-bond donors (Lipinski definition) is 0. The number of carbonyl (C=O) groups is 1. The van der Waals surface area contributed by atoms with E-state index in [4.69, 9.17) is 4.74 Å². The van der Waals surface area contributed by atoms with E-state index in [1.165, 1.54) is 0 Å². The zero-order chi connectivity index (χ0) is 10.6. The van der Waals surface area contributed by atoms with Gasteiger partial charge in [0.05, 0.1) is 0 Å². The first-order valence-corrected chi connectivity index (χ1v) is 6.16. The van der Waals surface area contributed by atoms with E-state index in [0.29, 0.717) is 0 Å². The number of benzene rings is 1. The minimum Gasteiger partial charge on any atom is -0.458 e. The standard InChI is InChI=1S/C9H7Br3O2/c10-9(11,12)8(13)14-6-7-4-2-1-3-5-7/h1-5H,6H2. The van der Waals surface area contributed by atoms with E-state index in [9.17, 15) is 4.79 Å². The van der Waals surface area contributed by atoms with Crippen molar-refractivity contribution in [2.45, 2.75) is 8.75 Å². The summed E-state index contributed by atoms with van der Waals surface area (Å²) in [5.74, 6) is -0.415. The topological polar surface area (TPSA) is 26.3 Å². The molecule has 1 rings (SSSR count). The third kappa shape index (κ3) is 4.11. The maximum absolute atomic E-state index is 11.3. The molecule has 0 unspecified atom stereocenters. The molecule has 76 valence electrons. The molecule has 0 atom stereocenters. The van der Waals surface area contributed by atoms with Crippen LogP contribution in [0.4, 0.5) is 0 Å². The van der Waals surface area contributed by atoms with Crippen molar-refractivity contribution in [3.63, 3.8) is 0 Å². The number of hydrogen-bond acceptors (Lipinski definition) is 2. The summed E-state index contributed by atoms with van der Waals surface area (Å²) in [6.07, 6.45) is 0. The minimum absolute atomic E-state index is 0.268. The quantitative estimate of drug-likeness (QED) is 0.573. The molecule has 0 saturated heterocycles. The zero-order valence-electron chi connectivity index (χ0n) is 7.04. The van der Waals surface area contributed by atoms with Crippen molar-refractivity contribution in [3.05, 3.63) is 35.9 Å². The summed E-state index contributed by atoms with van der Waals surface area (Å²) < 4.78 is 4.03. The van der Waals surface area contributed by atoms with Crippen molar-refractivity contribution in [3.8, 4) is 0 Å². The van der Waals surface area contributed by atoms with Crippen LogP contribution in [0.2, 0.25) is 0 Å². The molecular formula is C9H7Br3O2. The van der Waals surface area contributed by atoms with Gasteiger partial charge in [0.25, 0.3) is 0 Å². The van der Waals surface area contributed by atoms with Gasteiger partial charge in [-0.25, -0.2) is 4.79 Å². The highest BCUT2D eigenvalue weighted by Gasteiger charge is 2.30. The van der Waals surface area contributed by atoms with Gasteiger partial charge in [-0.15, -0.1) is 0 Å².